The Morgan fingerprint density at radius 3 is 2.56 bits per heavy atom. The highest BCUT2D eigenvalue weighted by Gasteiger charge is 2.28. The van der Waals surface area contributed by atoms with Crippen LogP contribution >= 0.6 is 11.6 Å². The number of hydrogen-bond donors (Lipinski definition) is 1. The summed E-state index contributed by atoms with van der Waals surface area (Å²) in [5, 5.41) is 0.567. The van der Waals surface area contributed by atoms with Crippen molar-refractivity contribution in [3.8, 4) is 11.5 Å². The van der Waals surface area contributed by atoms with E-state index in [1.54, 1.807) is 43.5 Å². The smallest absolute Gasteiger partial charge is 0.237 e. The molecule has 0 fully saturated rings. The number of hydrogen-bond acceptors (Lipinski definition) is 5. The molecule has 0 bridgehead atoms. The molecular formula is C19H23ClN2O4S. The molecule has 1 aliphatic heterocycles. The number of rotatable bonds is 6. The highest BCUT2D eigenvalue weighted by molar-refractivity contribution is 7.91. The molecule has 2 aromatic carbocycles. The van der Waals surface area contributed by atoms with Crippen LogP contribution in [0.25, 0.3) is 0 Å². The van der Waals surface area contributed by atoms with E-state index in [1.165, 1.54) is 0 Å². The molecular weight excluding hydrogens is 388 g/mol. The number of methoxy groups -OCH3 is 1. The summed E-state index contributed by atoms with van der Waals surface area (Å²) < 4.78 is 39.3. The predicted octanol–water partition coefficient (Wildman–Crippen LogP) is 3.16. The molecule has 6 nitrogen and oxygen atoms in total. The van der Waals surface area contributed by atoms with Gasteiger partial charge < -0.3 is 14.4 Å². The maximum Gasteiger partial charge on any atom is 0.237 e. The van der Waals surface area contributed by atoms with E-state index in [9.17, 15) is 8.42 Å². The summed E-state index contributed by atoms with van der Waals surface area (Å²) in [6.07, 6.45) is 0.720. The Hall–Kier alpha value is -1.96. The molecule has 1 heterocycles. The second kappa shape index (κ2) is 7.96. The fourth-order valence-electron chi connectivity index (χ4n) is 3.05. The summed E-state index contributed by atoms with van der Waals surface area (Å²) >= 11 is 5.86. The molecule has 1 atom stereocenters. The molecule has 146 valence electrons. The van der Waals surface area contributed by atoms with Crippen LogP contribution in [-0.4, -0.2) is 47.2 Å². The molecule has 0 saturated heterocycles. The van der Waals surface area contributed by atoms with Gasteiger partial charge in [-0.15, -0.1) is 0 Å². The largest absolute Gasteiger partial charge is 0.496 e. The van der Waals surface area contributed by atoms with Crippen LogP contribution < -0.4 is 14.2 Å². The molecule has 3 rings (SSSR count). The Labute approximate surface area is 165 Å². The normalized spacial score (nSPS) is 16.6. The molecule has 0 saturated carbocycles. The first-order valence-corrected chi connectivity index (χ1v) is 10.6. The van der Waals surface area contributed by atoms with Gasteiger partial charge in [-0.25, -0.2) is 8.42 Å². The maximum atomic E-state index is 12.6. The van der Waals surface area contributed by atoms with E-state index in [-0.39, 0.29) is 11.8 Å². The zero-order valence-corrected chi connectivity index (χ0v) is 17.1. The summed E-state index contributed by atoms with van der Waals surface area (Å²) in [5.74, 6) is 1.08. The Balaban J connectivity index is 1.87. The molecule has 1 N–H and O–H groups in total. The molecule has 0 aromatic heterocycles. The zero-order chi connectivity index (χ0) is 19.6. The second-order valence-electron chi connectivity index (χ2n) is 6.74. The highest BCUT2D eigenvalue weighted by atomic mass is 35.5. The number of benzene rings is 2. The van der Waals surface area contributed by atoms with Crippen molar-refractivity contribution in [3.63, 3.8) is 0 Å². The van der Waals surface area contributed by atoms with E-state index in [1.807, 2.05) is 14.1 Å². The van der Waals surface area contributed by atoms with Crippen LogP contribution in [0, 0.1) is 0 Å². The first-order valence-electron chi connectivity index (χ1n) is 8.53. The summed E-state index contributed by atoms with van der Waals surface area (Å²) in [7, 11) is 1.97. The number of anilines is 1. The van der Waals surface area contributed by atoms with Crippen molar-refractivity contribution in [2.75, 3.05) is 32.5 Å². The Morgan fingerprint density at radius 1 is 1.22 bits per heavy atom. The van der Waals surface area contributed by atoms with Crippen molar-refractivity contribution in [1.82, 2.24) is 4.90 Å². The molecule has 0 radical (unpaired) electrons. The van der Waals surface area contributed by atoms with Crippen LogP contribution in [0.1, 0.15) is 11.1 Å². The van der Waals surface area contributed by atoms with Crippen LogP contribution in [0.2, 0.25) is 5.02 Å². The van der Waals surface area contributed by atoms with Gasteiger partial charge in [-0.2, -0.15) is 0 Å². The van der Waals surface area contributed by atoms with Crippen molar-refractivity contribution in [3.05, 3.63) is 52.5 Å². The van der Waals surface area contributed by atoms with Gasteiger partial charge in [0.25, 0.3) is 0 Å². The summed E-state index contributed by atoms with van der Waals surface area (Å²) in [4.78, 5) is 2.08. The fraction of sp³-hybridized carbons (Fsp3) is 0.368. The van der Waals surface area contributed by atoms with Gasteiger partial charge in [0, 0.05) is 16.6 Å². The van der Waals surface area contributed by atoms with Gasteiger partial charge in [0.2, 0.25) is 10.0 Å². The molecule has 0 unspecified atom stereocenters. The third-order valence-electron chi connectivity index (χ3n) is 4.56. The minimum absolute atomic E-state index is 0.148. The molecule has 0 aliphatic carbocycles. The Bertz CT molecular complexity index is 914. The van der Waals surface area contributed by atoms with Crippen LogP contribution in [0.4, 0.5) is 5.69 Å². The van der Waals surface area contributed by atoms with Crippen LogP contribution in [0.3, 0.4) is 0 Å². The van der Waals surface area contributed by atoms with Crippen molar-refractivity contribution in [1.29, 1.82) is 0 Å². The van der Waals surface area contributed by atoms with Crippen molar-refractivity contribution in [2.24, 2.45) is 0 Å². The second-order valence-corrected chi connectivity index (χ2v) is 8.90. The number of nitrogens with zero attached hydrogens (tertiary/aromatic N) is 1. The molecule has 1 aliphatic rings. The van der Waals surface area contributed by atoms with Crippen molar-refractivity contribution in [2.45, 2.75) is 18.2 Å². The van der Waals surface area contributed by atoms with Gasteiger partial charge >= 0.3 is 0 Å². The van der Waals surface area contributed by atoms with Gasteiger partial charge in [0.05, 0.1) is 18.6 Å². The summed E-state index contributed by atoms with van der Waals surface area (Å²) in [6.45, 7) is 0.485. The van der Waals surface area contributed by atoms with E-state index < -0.39 is 10.0 Å². The summed E-state index contributed by atoms with van der Waals surface area (Å²) in [6, 6.07) is 10.4. The quantitative estimate of drug-likeness (QED) is 0.792. The molecule has 0 spiro atoms. The fourth-order valence-corrected chi connectivity index (χ4v) is 4.37. The van der Waals surface area contributed by atoms with Crippen LogP contribution in [-0.2, 0) is 22.2 Å². The van der Waals surface area contributed by atoms with Crippen molar-refractivity contribution >= 4 is 27.3 Å². The summed E-state index contributed by atoms with van der Waals surface area (Å²) in [5.41, 5.74) is 1.95. The molecule has 27 heavy (non-hydrogen) atoms. The Kier molecular flexibility index (Phi) is 5.83. The monoisotopic (exact) mass is 410 g/mol. The highest BCUT2D eigenvalue weighted by Crippen LogP contribution is 2.40. The molecule has 8 heteroatoms. The minimum Gasteiger partial charge on any atom is -0.496 e. The van der Waals surface area contributed by atoms with Gasteiger partial charge in [0.15, 0.2) is 0 Å². The number of nitrogens with one attached hydrogen (secondary N) is 1. The van der Waals surface area contributed by atoms with Gasteiger partial charge in [0.1, 0.15) is 18.1 Å². The van der Waals surface area contributed by atoms with Crippen LogP contribution in [0.15, 0.2) is 36.4 Å². The first kappa shape index (κ1) is 19.8. The van der Waals surface area contributed by atoms with E-state index >= 15 is 0 Å². The van der Waals surface area contributed by atoms with Gasteiger partial charge in [-0.05, 0) is 50.3 Å². The lowest BCUT2D eigenvalue weighted by atomic mass is 10.00. The Morgan fingerprint density at radius 2 is 1.93 bits per heavy atom. The van der Waals surface area contributed by atoms with Crippen molar-refractivity contribution < 1.29 is 17.9 Å². The average Bonchev–Trinajstić information content (AvgIpc) is 2.63. The number of ether oxygens (including phenoxy) is 2. The van der Waals surface area contributed by atoms with E-state index in [0.717, 1.165) is 12.0 Å². The SMILES string of the molecule is COc1ccc(NS(=O)(=O)Cc2ccc(Cl)cc2)c2c1C[C@@H](N(C)C)CO2. The van der Waals surface area contributed by atoms with E-state index in [4.69, 9.17) is 21.1 Å². The standard InChI is InChI=1S/C19H23ClN2O4S/c1-22(2)15-10-16-18(25-3)9-8-17(19(16)26-11-15)21-27(23,24)12-13-4-6-14(20)7-5-13/h4-9,15,21H,10-12H2,1-3H3/t15-/m1/s1. The first-order chi connectivity index (χ1) is 12.8. The average molecular weight is 411 g/mol. The van der Waals surface area contributed by atoms with Gasteiger partial charge in [-0.1, -0.05) is 23.7 Å². The lowest BCUT2D eigenvalue weighted by Crippen LogP contribution is -2.38. The van der Waals surface area contributed by atoms with Gasteiger partial charge in [-0.3, -0.25) is 4.72 Å². The zero-order valence-electron chi connectivity index (χ0n) is 15.5. The minimum atomic E-state index is -3.61. The van der Waals surface area contributed by atoms with E-state index in [0.29, 0.717) is 34.4 Å². The topological polar surface area (TPSA) is 67.9 Å². The predicted molar refractivity (Wildman–Crippen MR) is 107 cm³/mol. The lowest BCUT2D eigenvalue weighted by Gasteiger charge is -2.32. The number of likely N-dealkylation sites (N-methyl/N-ethyl adjacent to an activating group) is 1. The third kappa shape index (κ3) is 4.66. The maximum absolute atomic E-state index is 12.6. The molecule has 0 amide bonds. The number of sulfonamides is 1. The lowest BCUT2D eigenvalue weighted by molar-refractivity contribution is 0.164. The molecule has 2 aromatic rings. The number of halogens is 1. The number of fused-ring (bicyclic) bond motifs is 1. The third-order valence-corrected chi connectivity index (χ3v) is 6.06. The van der Waals surface area contributed by atoms with E-state index in [2.05, 4.69) is 9.62 Å². The van der Waals surface area contributed by atoms with Crippen LogP contribution in [0.5, 0.6) is 11.5 Å².